The van der Waals surface area contributed by atoms with Crippen LogP contribution in [0.3, 0.4) is 0 Å². The van der Waals surface area contributed by atoms with E-state index >= 15 is 0 Å². The van der Waals surface area contributed by atoms with E-state index in [9.17, 15) is 14.4 Å². The number of carbonyl (C=O) groups is 3. The van der Waals surface area contributed by atoms with Gasteiger partial charge in [0.1, 0.15) is 0 Å². The molecule has 1 heterocycles. The maximum atomic E-state index is 12.3. The molecule has 4 atom stereocenters. The van der Waals surface area contributed by atoms with Crippen molar-refractivity contribution in [2.24, 2.45) is 5.92 Å². The molecule has 2 amide bonds. The van der Waals surface area contributed by atoms with Crippen molar-refractivity contribution >= 4 is 35.2 Å². The van der Waals surface area contributed by atoms with E-state index in [2.05, 4.69) is 17.6 Å². The van der Waals surface area contributed by atoms with Gasteiger partial charge in [0.15, 0.2) is 6.10 Å². The van der Waals surface area contributed by atoms with Gasteiger partial charge in [-0.05, 0) is 37.8 Å². The van der Waals surface area contributed by atoms with E-state index < -0.39 is 17.3 Å². The SMILES string of the molecule is C[C@@H](OC(=O)C[C@H]1Sc2ccccc2NC1=O)C(=O)N[C@H]1CCCC[C@@H]1C. The number of hydrogen-bond donors (Lipinski definition) is 2. The van der Waals surface area contributed by atoms with Crippen LogP contribution in [0.4, 0.5) is 5.69 Å². The lowest BCUT2D eigenvalue weighted by Gasteiger charge is -2.30. The van der Waals surface area contributed by atoms with Gasteiger partial charge in [-0.15, -0.1) is 11.8 Å². The smallest absolute Gasteiger partial charge is 0.308 e. The van der Waals surface area contributed by atoms with Gasteiger partial charge in [0, 0.05) is 10.9 Å². The van der Waals surface area contributed by atoms with Gasteiger partial charge in [-0.2, -0.15) is 0 Å². The summed E-state index contributed by atoms with van der Waals surface area (Å²) in [5, 5.41) is 5.25. The number of ether oxygens (including phenoxy) is 1. The standard InChI is InChI=1S/C20H26N2O4S/c1-12-7-3-4-8-14(12)21-19(24)13(2)26-18(23)11-17-20(25)22-15-9-5-6-10-16(15)27-17/h5-6,9-10,12-14,17H,3-4,7-8,11H2,1-2H3,(H,21,24)(H,22,25)/t12-,13+,14-,17+/m0/s1. The molecule has 0 saturated heterocycles. The Morgan fingerprint density at radius 1 is 1.30 bits per heavy atom. The molecule has 2 N–H and O–H groups in total. The average Bonchev–Trinajstić information content (AvgIpc) is 2.64. The van der Waals surface area contributed by atoms with Gasteiger partial charge in [-0.25, -0.2) is 0 Å². The predicted octanol–water partition coefficient (Wildman–Crippen LogP) is 3.12. The lowest BCUT2D eigenvalue weighted by atomic mass is 9.86. The highest BCUT2D eigenvalue weighted by molar-refractivity contribution is 8.01. The zero-order valence-corrected chi connectivity index (χ0v) is 16.5. The largest absolute Gasteiger partial charge is 0.453 e. The molecule has 146 valence electrons. The fraction of sp³-hybridized carbons (Fsp3) is 0.550. The fourth-order valence-corrected chi connectivity index (χ4v) is 4.60. The third kappa shape index (κ3) is 5.03. The molecule has 0 radical (unpaired) electrons. The molecular weight excluding hydrogens is 364 g/mol. The average molecular weight is 391 g/mol. The van der Waals surface area contributed by atoms with Crippen LogP contribution in [0, 0.1) is 5.92 Å². The molecule has 1 aliphatic heterocycles. The molecule has 0 aromatic heterocycles. The van der Waals surface area contributed by atoms with Gasteiger partial charge in [0.25, 0.3) is 5.91 Å². The Labute approximate surface area is 163 Å². The highest BCUT2D eigenvalue weighted by Gasteiger charge is 2.31. The van der Waals surface area contributed by atoms with Gasteiger partial charge in [0.05, 0.1) is 17.4 Å². The molecule has 1 aromatic rings. The van der Waals surface area contributed by atoms with E-state index in [1.807, 2.05) is 24.3 Å². The maximum absolute atomic E-state index is 12.3. The molecule has 1 saturated carbocycles. The van der Waals surface area contributed by atoms with E-state index in [-0.39, 0.29) is 24.3 Å². The number of para-hydroxylation sites is 1. The van der Waals surface area contributed by atoms with Crippen molar-refractivity contribution in [3.05, 3.63) is 24.3 Å². The minimum Gasteiger partial charge on any atom is -0.453 e. The first kappa shape index (κ1) is 19.7. The van der Waals surface area contributed by atoms with Crippen molar-refractivity contribution in [2.75, 3.05) is 5.32 Å². The van der Waals surface area contributed by atoms with Crippen molar-refractivity contribution in [1.29, 1.82) is 0 Å². The molecule has 7 heteroatoms. The number of fused-ring (bicyclic) bond motifs is 1. The minimum absolute atomic E-state index is 0.0672. The summed E-state index contributed by atoms with van der Waals surface area (Å²) < 4.78 is 5.28. The number of hydrogen-bond acceptors (Lipinski definition) is 5. The molecule has 0 unspecified atom stereocenters. The summed E-state index contributed by atoms with van der Waals surface area (Å²) >= 11 is 1.34. The molecule has 0 spiro atoms. The second kappa shape index (κ2) is 8.78. The normalized spacial score (nSPS) is 25.7. The van der Waals surface area contributed by atoms with E-state index in [0.717, 1.165) is 29.8 Å². The first-order valence-corrected chi connectivity index (χ1v) is 10.4. The van der Waals surface area contributed by atoms with E-state index in [1.165, 1.54) is 18.2 Å². The third-order valence-corrected chi connectivity index (χ3v) is 6.45. The molecule has 2 aliphatic rings. The Balaban J connectivity index is 1.50. The maximum Gasteiger partial charge on any atom is 0.308 e. The van der Waals surface area contributed by atoms with Gasteiger partial charge in [0.2, 0.25) is 5.91 Å². The van der Waals surface area contributed by atoms with Crippen LogP contribution in [0.1, 0.15) is 46.0 Å². The van der Waals surface area contributed by atoms with Gasteiger partial charge in [-0.3, -0.25) is 14.4 Å². The van der Waals surface area contributed by atoms with Crippen LogP contribution in [-0.2, 0) is 19.1 Å². The number of anilines is 1. The number of thioether (sulfide) groups is 1. The van der Waals surface area contributed by atoms with Crippen molar-refractivity contribution in [3.8, 4) is 0 Å². The van der Waals surface area contributed by atoms with Gasteiger partial charge in [-0.1, -0.05) is 31.9 Å². The van der Waals surface area contributed by atoms with Crippen LogP contribution < -0.4 is 10.6 Å². The molecule has 0 bridgehead atoms. The second-order valence-electron chi connectivity index (χ2n) is 7.30. The summed E-state index contributed by atoms with van der Waals surface area (Å²) in [4.78, 5) is 37.7. The summed E-state index contributed by atoms with van der Waals surface area (Å²) in [5.41, 5.74) is 0.756. The number of carbonyl (C=O) groups excluding carboxylic acids is 3. The first-order valence-electron chi connectivity index (χ1n) is 9.50. The first-order chi connectivity index (χ1) is 12.9. The van der Waals surface area contributed by atoms with Crippen LogP contribution in [0.5, 0.6) is 0 Å². The third-order valence-electron chi connectivity index (χ3n) is 5.18. The summed E-state index contributed by atoms with van der Waals surface area (Å²) in [6.45, 7) is 3.71. The van der Waals surface area contributed by atoms with Crippen molar-refractivity contribution in [2.45, 2.75) is 68.2 Å². The Kier molecular flexibility index (Phi) is 6.42. The van der Waals surface area contributed by atoms with E-state index in [4.69, 9.17) is 4.74 Å². The lowest BCUT2D eigenvalue weighted by Crippen LogP contribution is -2.46. The van der Waals surface area contributed by atoms with Gasteiger partial charge < -0.3 is 15.4 Å². The summed E-state index contributed by atoms with van der Waals surface area (Å²) in [6, 6.07) is 7.61. The molecule has 1 aromatic carbocycles. The highest BCUT2D eigenvalue weighted by Crippen LogP contribution is 2.36. The monoisotopic (exact) mass is 390 g/mol. The predicted molar refractivity (Wildman–Crippen MR) is 104 cm³/mol. The van der Waals surface area contributed by atoms with Crippen LogP contribution in [0.15, 0.2) is 29.2 Å². The topological polar surface area (TPSA) is 84.5 Å². The molecule has 27 heavy (non-hydrogen) atoms. The Bertz CT molecular complexity index is 724. The fourth-order valence-electron chi connectivity index (χ4n) is 3.51. The zero-order chi connectivity index (χ0) is 19.4. The number of esters is 1. The molecule has 1 aliphatic carbocycles. The number of rotatable bonds is 5. The molecular formula is C20H26N2O4S. The summed E-state index contributed by atoms with van der Waals surface area (Å²) in [5.74, 6) is -0.591. The van der Waals surface area contributed by atoms with Crippen LogP contribution >= 0.6 is 11.8 Å². The van der Waals surface area contributed by atoms with Gasteiger partial charge >= 0.3 is 5.97 Å². The van der Waals surface area contributed by atoms with Crippen LogP contribution in [-0.4, -0.2) is 35.2 Å². The molecule has 6 nitrogen and oxygen atoms in total. The highest BCUT2D eigenvalue weighted by atomic mass is 32.2. The van der Waals surface area contributed by atoms with Crippen LogP contribution in [0.25, 0.3) is 0 Å². The number of benzene rings is 1. The van der Waals surface area contributed by atoms with Crippen molar-refractivity contribution in [1.82, 2.24) is 5.32 Å². The molecule has 3 rings (SSSR count). The Hall–Kier alpha value is -2.02. The van der Waals surface area contributed by atoms with Crippen molar-refractivity contribution < 1.29 is 19.1 Å². The number of amides is 2. The Morgan fingerprint density at radius 2 is 2.04 bits per heavy atom. The Morgan fingerprint density at radius 3 is 2.81 bits per heavy atom. The minimum atomic E-state index is -0.865. The molecule has 1 fully saturated rings. The summed E-state index contributed by atoms with van der Waals surface area (Å²) in [6.07, 6.45) is 3.44. The summed E-state index contributed by atoms with van der Waals surface area (Å²) in [7, 11) is 0. The van der Waals surface area contributed by atoms with E-state index in [1.54, 1.807) is 6.92 Å². The zero-order valence-electron chi connectivity index (χ0n) is 15.7. The van der Waals surface area contributed by atoms with Crippen LogP contribution in [0.2, 0.25) is 0 Å². The lowest BCUT2D eigenvalue weighted by molar-refractivity contribution is -0.155. The van der Waals surface area contributed by atoms with Crippen molar-refractivity contribution in [3.63, 3.8) is 0 Å². The van der Waals surface area contributed by atoms with E-state index in [0.29, 0.717) is 5.92 Å². The number of nitrogens with one attached hydrogen (secondary N) is 2. The second-order valence-corrected chi connectivity index (χ2v) is 8.55. The quantitative estimate of drug-likeness (QED) is 0.755.